The third-order valence-electron chi connectivity index (χ3n) is 5.92. The lowest BCUT2D eigenvalue weighted by Crippen LogP contribution is -2.29. The maximum Gasteiger partial charge on any atom is 0.221 e. The number of hydrogen-bond acceptors (Lipinski definition) is 6. The summed E-state index contributed by atoms with van der Waals surface area (Å²) in [6, 6.07) is 16.5. The predicted octanol–water partition coefficient (Wildman–Crippen LogP) is 3.76. The van der Waals surface area contributed by atoms with Crippen molar-refractivity contribution in [2.75, 3.05) is 42.1 Å². The molecule has 0 spiro atoms. The molecule has 6 nitrogen and oxygen atoms in total. The molecule has 1 aliphatic carbocycles. The van der Waals surface area contributed by atoms with Crippen LogP contribution >= 0.6 is 0 Å². The molecule has 31 heavy (non-hydrogen) atoms. The van der Waals surface area contributed by atoms with Crippen LogP contribution in [0.3, 0.4) is 0 Å². The molecular formula is C25H24N4O2. The summed E-state index contributed by atoms with van der Waals surface area (Å²) in [5, 5.41) is 1.20. The lowest BCUT2D eigenvalue weighted by Gasteiger charge is -2.20. The minimum absolute atomic E-state index is 0.753. The monoisotopic (exact) mass is 412 g/mol. The number of fused-ring (bicyclic) bond motifs is 3. The van der Waals surface area contributed by atoms with E-state index in [0.29, 0.717) is 0 Å². The first-order valence-electron chi connectivity index (χ1n) is 10.5. The zero-order valence-corrected chi connectivity index (χ0v) is 17.7. The molecule has 0 atom stereocenters. The molecule has 0 fully saturated rings. The van der Waals surface area contributed by atoms with Gasteiger partial charge in [0.25, 0.3) is 0 Å². The van der Waals surface area contributed by atoms with Crippen molar-refractivity contribution in [2.45, 2.75) is 6.42 Å². The van der Waals surface area contributed by atoms with E-state index in [1.165, 1.54) is 5.22 Å². The highest BCUT2D eigenvalue weighted by atomic mass is 16.5. The Bertz CT molecular complexity index is 1310. The van der Waals surface area contributed by atoms with E-state index in [1.807, 2.05) is 24.3 Å². The summed E-state index contributed by atoms with van der Waals surface area (Å²) in [6.07, 6.45) is 9.46. The fourth-order valence-electron chi connectivity index (χ4n) is 4.42. The molecule has 6 rings (SSSR count). The maximum absolute atomic E-state index is 6.25. The molecule has 0 saturated heterocycles. The van der Waals surface area contributed by atoms with Crippen molar-refractivity contribution in [2.24, 2.45) is 0 Å². The van der Waals surface area contributed by atoms with E-state index >= 15 is 0 Å². The molecular weight excluding hydrogens is 388 g/mol. The molecule has 0 radical (unpaired) electrons. The van der Waals surface area contributed by atoms with E-state index in [1.54, 1.807) is 0 Å². The van der Waals surface area contributed by atoms with Crippen molar-refractivity contribution in [1.82, 2.24) is 4.90 Å². The van der Waals surface area contributed by atoms with Crippen LogP contribution in [-0.4, -0.2) is 32.3 Å². The van der Waals surface area contributed by atoms with Gasteiger partial charge in [-0.15, -0.1) is 0 Å². The molecule has 0 unspecified atom stereocenters. The van der Waals surface area contributed by atoms with Gasteiger partial charge in [0.15, 0.2) is 0 Å². The molecule has 156 valence electrons. The summed E-state index contributed by atoms with van der Waals surface area (Å²) in [4.78, 5) is 8.77. The number of ether oxygens (including phenoxy) is 1. The van der Waals surface area contributed by atoms with Crippen LogP contribution in [0.1, 0.15) is 6.42 Å². The summed E-state index contributed by atoms with van der Waals surface area (Å²) in [5.74, 6) is 2.57. The van der Waals surface area contributed by atoms with Crippen molar-refractivity contribution >= 4 is 35.1 Å². The first-order chi connectivity index (χ1) is 15.2. The highest BCUT2D eigenvalue weighted by molar-refractivity contribution is 5.81. The lowest BCUT2D eigenvalue weighted by molar-refractivity contribution is 0.481. The number of rotatable bonds is 4. The minimum Gasteiger partial charge on any atom is -0.457 e. The summed E-state index contributed by atoms with van der Waals surface area (Å²) < 4.78 is 12.3. The molecule has 6 heteroatoms. The van der Waals surface area contributed by atoms with E-state index < -0.39 is 0 Å². The Labute approximate surface area is 181 Å². The summed E-state index contributed by atoms with van der Waals surface area (Å²) in [6.45, 7) is 1.59. The van der Waals surface area contributed by atoms with Gasteiger partial charge in [-0.3, -0.25) is 0 Å². The van der Waals surface area contributed by atoms with Crippen LogP contribution in [0.4, 0.5) is 22.9 Å². The van der Waals surface area contributed by atoms with Crippen LogP contribution in [0.15, 0.2) is 65.3 Å². The zero-order valence-electron chi connectivity index (χ0n) is 17.7. The van der Waals surface area contributed by atoms with Crippen LogP contribution in [0.5, 0.6) is 11.5 Å². The second kappa shape index (κ2) is 6.87. The minimum atomic E-state index is 0.753. The Morgan fingerprint density at radius 2 is 1.65 bits per heavy atom. The molecule has 0 bridgehead atoms. The number of furan rings is 1. The van der Waals surface area contributed by atoms with Gasteiger partial charge in [0.05, 0.1) is 13.3 Å². The molecule has 3 aromatic rings. The van der Waals surface area contributed by atoms with Crippen LogP contribution < -0.4 is 30.1 Å². The smallest absolute Gasteiger partial charge is 0.221 e. The molecule has 0 amide bonds. The summed E-state index contributed by atoms with van der Waals surface area (Å²) >= 11 is 0. The number of hydrogen-bond donors (Lipinski definition) is 0. The van der Waals surface area contributed by atoms with E-state index in [2.05, 4.69) is 82.5 Å². The fourth-order valence-corrected chi connectivity index (χ4v) is 4.42. The topological polar surface area (TPSA) is 35.3 Å². The van der Waals surface area contributed by atoms with Crippen LogP contribution in [-0.2, 0) is 0 Å². The quantitative estimate of drug-likeness (QED) is 0.649. The van der Waals surface area contributed by atoms with Gasteiger partial charge in [-0.25, -0.2) is 0 Å². The molecule has 0 N–H and O–H groups in total. The summed E-state index contributed by atoms with van der Waals surface area (Å²) in [5.41, 5.74) is 4.33. The first-order valence-corrected chi connectivity index (χ1v) is 10.5. The molecule has 3 heterocycles. The average Bonchev–Trinajstić information content (AvgIpc) is 3.52. The van der Waals surface area contributed by atoms with Gasteiger partial charge >= 0.3 is 0 Å². The zero-order chi connectivity index (χ0) is 20.9. The van der Waals surface area contributed by atoms with E-state index in [9.17, 15) is 0 Å². The van der Waals surface area contributed by atoms with Gasteiger partial charge in [0.1, 0.15) is 22.6 Å². The number of nitrogens with zero attached hydrogens (tertiary/aromatic N) is 4. The van der Waals surface area contributed by atoms with Crippen LogP contribution in [0, 0.1) is 0 Å². The van der Waals surface area contributed by atoms with Crippen LogP contribution in [0.2, 0.25) is 0 Å². The van der Waals surface area contributed by atoms with Gasteiger partial charge in [-0.1, -0.05) is 18.2 Å². The Morgan fingerprint density at radius 3 is 2.42 bits per heavy atom. The highest BCUT2D eigenvalue weighted by Crippen LogP contribution is 2.39. The fraction of sp³-hybridized carbons (Fsp3) is 0.200. The molecule has 0 saturated carbocycles. The van der Waals surface area contributed by atoms with Gasteiger partial charge in [0, 0.05) is 55.2 Å². The molecule has 3 aliphatic rings. The van der Waals surface area contributed by atoms with E-state index in [4.69, 9.17) is 9.15 Å². The second-order valence-corrected chi connectivity index (χ2v) is 8.21. The molecule has 2 aromatic carbocycles. The number of benzene rings is 2. The van der Waals surface area contributed by atoms with Gasteiger partial charge in [-0.2, -0.15) is 0 Å². The Morgan fingerprint density at radius 1 is 0.871 bits per heavy atom. The Hall–Kier alpha value is -3.80. The van der Waals surface area contributed by atoms with Crippen molar-refractivity contribution < 1.29 is 9.15 Å². The SMILES string of the molecule is CN1C=CN(c2cccc(Oc3cccc(N4CN(C)c5oc6c(c54)=CCC=6)c3)c2)C1. The standard InChI is InChI=1S/C25H24N4O2/c1-26-12-13-28(16-26)18-6-3-8-20(14-18)30-21-9-4-7-19(15-21)29-17-27(2)25-24(29)22-10-5-11-23(22)31-25/h3-4,6-15H,5,16-17H2,1-2H3. The highest BCUT2D eigenvalue weighted by Gasteiger charge is 2.31. The predicted molar refractivity (Wildman–Crippen MR) is 124 cm³/mol. The summed E-state index contributed by atoms with van der Waals surface area (Å²) in [7, 11) is 4.13. The van der Waals surface area contributed by atoms with Crippen molar-refractivity contribution in [1.29, 1.82) is 0 Å². The largest absolute Gasteiger partial charge is 0.457 e. The average molecular weight is 412 g/mol. The van der Waals surface area contributed by atoms with E-state index in [0.717, 1.165) is 59.6 Å². The lowest BCUT2D eigenvalue weighted by atomic mass is 10.2. The maximum atomic E-state index is 6.25. The Balaban J connectivity index is 1.29. The van der Waals surface area contributed by atoms with Gasteiger partial charge < -0.3 is 28.8 Å². The second-order valence-electron chi connectivity index (χ2n) is 8.21. The third kappa shape index (κ3) is 3.03. The molecule has 1 aromatic heterocycles. The molecule has 2 aliphatic heterocycles. The van der Waals surface area contributed by atoms with Crippen molar-refractivity contribution in [3.05, 3.63) is 71.6 Å². The van der Waals surface area contributed by atoms with Crippen molar-refractivity contribution in [3.8, 4) is 11.5 Å². The first kappa shape index (κ1) is 18.0. The Kier molecular flexibility index (Phi) is 3.99. The third-order valence-corrected chi connectivity index (χ3v) is 5.92. The van der Waals surface area contributed by atoms with Gasteiger partial charge in [0.2, 0.25) is 5.88 Å². The van der Waals surface area contributed by atoms with Gasteiger partial charge in [-0.05, 0) is 36.8 Å². The number of anilines is 4. The van der Waals surface area contributed by atoms with Crippen molar-refractivity contribution in [3.63, 3.8) is 0 Å². The normalized spacial score (nSPS) is 16.5. The van der Waals surface area contributed by atoms with E-state index in [-0.39, 0.29) is 0 Å². The van der Waals surface area contributed by atoms with Crippen LogP contribution in [0.25, 0.3) is 12.2 Å².